The van der Waals surface area contributed by atoms with Crippen molar-refractivity contribution in [2.24, 2.45) is 0 Å². The topological polar surface area (TPSA) is 70.2 Å². The summed E-state index contributed by atoms with van der Waals surface area (Å²) in [5.41, 5.74) is 2.67. The predicted octanol–water partition coefficient (Wildman–Crippen LogP) is 4.04. The Morgan fingerprint density at radius 2 is 1.88 bits per heavy atom. The number of carbonyl (C=O) groups excluding carboxylic acids is 2. The lowest BCUT2D eigenvalue weighted by atomic mass is 10.0. The maximum atomic E-state index is 12.1. The summed E-state index contributed by atoms with van der Waals surface area (Å²) in [6, 6.07) is 14.3. The van der Waals surface area contributed by atoms with Crippen molar-refractivity contribution in [1.29, 1.82) is 0 Å². The summed E-state index contributed by atoms with van der Waals surface area (Å²) < 4.78 is 0. The van der Waals surface area contributed by atoms with Gasteiger partial charge in [-0.2, -0.15) is 0 Å². The third-order valence-corrected chi connectivity index (χ3v) is 3.92. The average Bonchev–Trinajstić information content (AvgIpc) is 2.58. The molecule has 2 rings (SSSR count). The fourth-order valence-corrected chi connectivity index (χ4v) is 2.65. The zero-order valence-electron chi connectivity index (χ0n) is 14.3. The van der Waals surface area contributed by atoms with E-state index in [2.05, 4.69) is 16.0 Å². The molecule has 0 radical (unpaired) electrons. The van der Waals surface area contributed by atoms with Gasteiger partial charge in [-0.1, -0.05) is 42.8 Å². The van der Waals surface area contributed by atoms with Crippen LogP contribution >= 0.6 is 11.6 Å². The minimum absolute atomic E-state index is 0.102. The molecule has 0 fully saturated rings. The summed E-state index contributed by atoms with van der Waals surface area (Å²) in [7, 11) is 0. The lowest BCUT2D eigenvalue weighted by molar-refractivity contribution is -0.120. The molecule has 0 heterocycles. The van der Waals surface area contributed by atoms with Gasteiger partial charge in [0.15, 0.2) is 0 Å². The number of halogens is 1. The van der Waals surface area contributed by atoms with Crippen LogP contribution < -0.4 is 16.0 Å². The first kappa shape index (κ1) is 18.8. The first-order valence-corrected chi connectivity index (χ1v) is 8.52. The summed E-state index contributed by atoms with van der Waals surface area (Å²) in [6.45, 7) is 3.82. The van der Waals surface area contributed by atoms with Crippen molar-refractivity contribution in [2.75, 3.05) is 11.9 Å². The third-order valence-electron chi connectivity index (χ3n) is 3.68. The highest BCUT2D eigenvalue weighted by molar-refractivity contribution is 6.30. The average molecular weight is 360 g/mol. The number of hydrogen-bond acceptors (Lipinski definition) is 2. The summed E-state index contributed by atoms with van der Waals surface area (Å²) in [5, 5.41) is 8.78. The fourth-order valence-electron chi connectivity index (χ4n) is 2.45. The predicted molar refractivity (Wildman–Crippen MR) is 101 cm³/mol. The molecule has 0 saturated heterocycles. The number of anilines is 1. The normalized spacial score (nSPS) is 11.5. The van der Waals surface area contributed by atoms with Gasteiger partial charge in [0.25, 0.3) is 0 Å². The second-order valence-corrected chi connectivity index (χ2v) is 6.20. The molecule has 3 N–H and O–H groups in total. The molecule has 0 saturated carbocycles. The number of aryl methyl sites for hydroxylation is 1. The fraction of sp³-hybridized carbons (Fsp3) is 0.263. The van der Waals surface area contributed by atoms with Crippen LogP contribution in [0.2, 0.25) is 5.02 Å². The van der Waals surface area contributed by atoms with Crippen LogP contribution in [-0.4, -0.2) is 18.5 Å². The van der Waals surface area contributed by atoms with Gasteiger partial charge in [0.1, 0.15) is 0 Å². The van der Waals surface area contributed by atoms with Gasteiger partial charge in [0.2, 0.25) is 5.91 Å². The van der Waals surface area contributed by atoms with Crippen LogP contribution in [0.3, 0.4) is 0 Å². The molecule has 6 heteroatoms. The van der Waals surface area contributed by atoms with Gasteiger partial charge in [-0.3, -0.25) is 4.79 Å². The van der Waals surface area contributed by atoms with E-state index in [1.807, 2.05) is 50.2 Å². The third kappa shape index (κ3) is 6.12. The molecular formula is C19H22ClN3O2. The molecule has 5 nitrogen and oxygen atoms in total. The maximum Gasteiger partial charge on any atom is 0.319 e. The van der Waals surface area contributed by atoms with Crippen molar-refractivity contribution in [3.63, 3.8) is 0 Å². The summed E-state index contributed by atoms with van der Waals surface area (Å²) >= 11 is 6.00. The van der Waals surface area contributed by atoms with Crippen LogP contribution in [0.1, 0.15) is 30.5 Å². The quantitative estimate of drug-likeness (QED) is 0.728. The Bertz CT molecular complexity index is 749. The molecule has 25 heavy (non-hydrogen) atoms. The van der Waals surface area contributed by atoms with Gasteiger partial charge in [-0.15, -0.1) is 0 Å². The molecule has 1 atom stereocenters. The Labute approximate surface area is 152 Å². The highest BCUT2D eigenvalue weighted by atomic mass is 35.5. The maximum absolute atomic E-state index is 12.1. The zero-order valence-corrected chi connectivity index (χ0v) is 15.1. The SMILES string of the molecule is CCC(NC(=O)CNC(=O)Nc1cccc(C)c1)c1cccc(Cl)c1. The Morgan fingerprint density at radius 1 is 1.12 bits per heavy atom. The highest BCUT2D eigenvalue weighted by Crippen LogP contribution is 2.20. The van der Waals surface area contributed by atoms with Crippen molar-refractivity contribution in [2.45, 2.75) is 26.3 Å². The largest absolute Gasteiger partial charge is 0.348 e. The number of amides is 3. The zero-order chi connectivity index (χ0) is 18.2. The summed E-state index contributed by atoms with van der Waals surface area (Å²) in [4.78, 5) is 24.0. The Kier molecular flexibility index (Phi) is 6.83. The molecule has 0 spiro atoms. The highest BCUT2D eigenvalue weighted by Gasteiger charge is 2.13. The van der Waals surface area contributed by atoms with Crippen molar-refractivity contribution in [3.05, 3.63) is 64.7 Å². The van der Waals surface area contributed by atoms with Gasteiger partial charge >= 0.3 is 6.03 Å². The molecule has 3 amide bonds. The van der Waals surface area contributed by atoms with Crippen LogP contribution in [0.5, 0.6) is 0 Å². The van der Waals surface area contributed by atoms with E-state index in [0.29, 0.717) is 10.7 Å². The number of hydrogen-bond donors (Lipinski definition) is 3. The van der Waals surface area contributed by atoms with Crippen LogP contribution in [0.4, 0.5) is 10.5 Å². The van der Waals surface area contributed by atoms with Crippen molar-refractivity contribution >= 4 is 29.2 Å². The van der Waals surface area contributed by atoms with Gasteiger partial charge < -0.3 is 16.0 Å². The van der Waals surface area contributed by atoms with Crippen LogP contribution in [0, 0.1) is 6.92 Å². The lowest BCUT2D eigenvalue weighted by Crippen LogP contribution is -2.40. The van der Waals surface area contributed by atoms with Crippen molar-refractivity contribution in [3.8, 4) is 0 Å². The molecule has 2 aromatic rings. The molecule has 0 aliphatic heterocycles. The molecule has 1 unspecified atom stereocenters. The van der Waals surface area contributed by atoms with E-state index in [4.69, 9.17) is 11.6 Å². The van der Waals surface area contributed by atoms with E-state index < -0.39 is 6.03 Å². The Morgan fingerprint density at radius 3 is 2.56 bits per heavy atom. The molecule has 2 aromatic carbocycles. The van der Waals surface area contributed by atoms with Crippen LogP contribution in [-0.2, 0) is 4.79 Å². The first-order chi connectivity index (χ1) is 12.0. The van der Waals surface area contributed by atoms with E-state index in [1.54, 1.807) is 12.1 Å². The number of carbonyl (C=O) groups is 2. The van der Waals surface area contributed by atoms with E-state index in [-0.39, 0.29) is 18.5 Å². The van der Waals surface area contributed by atoms with E-state index in [0.717, 1.165) is 17.5 Å². The van der Waals surface area contributed by atoms with Gasteiger partial charge in [0, 0.05) is 10.7 Å². The molecule has 0 aromatic heterocycles. The number of nitrogens with one attached hydrogen (secondary N) is 3. The molecule has 132 valence electrons. The van der Waals surface area contributed by atoms with Gasteiger partial charge in [0.05, 0.1) is 12.6 Å². The Hall–Kier alpha value is -2.53. The number of rotatable bonds is 6. The number of benzene rings is 2. The van der Waals surface area contributed by atoms with Crippen LogP contribution in [0.15, 0.2) is 48.5 Å². The van der Waals surface area contributed by atoms with Gasteiger partial charge in [-0.05, 0) is 48.7 Å². The minimum Gasteiger partial charge on any atom is -0.348 e. The van der Waals surface area contributed by atoms with Gasteiger partial charge in [-0.25, -0.2) is 4.79 Å². The molecule has 0 aliphatic rings. The smallest absolute Gasteiger partial charge is 0.319 e. The minimum atomic E-state index is -0.420. The Balaban J connectivity index is 1.83. The second kappa shape index (κ2) is 9.08. The van der Waals surface area contributed by atoms with E-state index >= 15 is 0 Å². The second-order valence-electron chi connectivity index (χ2n) is 5.76. The van der Waals surface area contributed by atoms with Crippen molar-refractivity contribution in [1.82, 2.24) is 10.6 Å². The van der Waals surface area contributed by atoms with Crippen molar-refractivity contribution < 1.29 is 9.59 Å². The monoisotopic (exact) mass is 359 g/mol. The van der Waals surface area contributed by atoms with Crippen LogP contribution in [0.25, 0.3) is 0 Å². The molecule has 0 aliphatic carbocycles. The standard InChI is InChI=1S/C19H22ClN3O2/c1-3-17(14-7-5-8-15(20)11-14)23-18(24)12-21-19(25)22-16-9-4-6-13(2)10-16/h4-11,17H,3,12H2,1-2H3,(H,23,24)(H2,21,22,25). The van der Waals surface area contributed by atoms with E-state index in [9.17, 15) is 9.59 Å². The summed E-state index contributed by atoms with van der Waals surface area (Å²) in [6.07, 6.45) is 0.724. The first-order valence-electron chi connectivity index (χ1n) is 8.14. The lowest BCUT2D eigenvalue weighted by Gasteiger charge is -2.18. The van der Waals surface area contributed by atoms with E-state index in [1.165, 1.54) is 0 Å². The number of urea groups is 1. The summed E-state index contributed by atoms with van der Waals surface area (Å²) in [5.74, 6) is -0.258. The molecule has 0 bridgehead atoms. The molecular weight excluding hydrogens is 338 g/mol.